The van der Waals surface area contributed by atoms with Gasteiger partial charge < -0.3 is 30.2 Å². The van der Waals surface area contributed by atoms with Crippen molar-refractivity contribution in [2.45, 2.75) is 25.4 Å². The first-order chi connectivity index (χ1) is 18.5. The summed E-state index contributed by atoms with van der Waals surface area (Å²) in [5, 5.41) is 13.5. The van der Waals surface area contributed by atoms with Crippen LogP contribution in [0.25, 0.3) is 0 Å². The highest BCUT2D eigenvalue weighted by atomic mass is 16.5. The monoisotopic (exact) mass is 538 g/mol. The van der Waals surface area contributed by atoms with Crippen LogP contribution < -0.4 is 25.2 Å². The molecule has 0 spiro atoms. The van der Waals surface area contributed by atoms with Gasteiger partial charge in [0.15, 0.2) is 0 Å². The first-order valence-corrected chi connectivity index (χ1v) is 11.7. The van der Waals surface area contributed by atoms with Gasteiger partial charge in [-0.2, -0.15) is 0 Å². The molecule has 0 aromatic heterocycles. The summed E-state index contributed by atoms with van der Waals surface area (Å²) in [6.45, 7) is 0.261. The Balaban J connectivity index is 1.91. The number of carbonyl (C=O) groups is 7. The number of ketones is 1. The number of carboxylic acid groups (broad SMARTS) is 1. The Kier molecular flexibility index (Phi) is 9.10. The second kappa shape index (κ2) is 12.4. The van der Waals surface area contributed by atoms with Crippen LogP contribution in [0.4, 0.5) is 11.4 Å². The van der Waals surface area contributed by atoms with Gasteiger partial charge in [-0.05, 0) is 36.4 Å². The fourth-order valence-corrected chi connectivity index (χ4v) is 3.97. The highest BCUT2D eigenvalue weighted by Crippen LogP contribution is 2.32. The molecule has 1 aliphatic rings. The normalized spacial score (nSPS) is 15.3. The van der Waals surface area contributed by atoms with E-state index in [0.717, 1.165) is 4.90 Å². The van der Waals surface area contributed by atoms with Gasteiger partial charge in [0.1, 0.15) is 24.6 Å². The average molecular weight is 539 g/mol. The fraction of sp³-hybridized carbons (Fsp3) is 0.269. The van der Waals surface area contributed by atoms with Gasteiger partial charge >= 0.3 is 5.97 Å². The highest BCUT2D eigenvalue weighted by Gasteiger charge is 2.38. The van der Waals surface area contributed by atoms with Gasteiger partial charge in [0.05, 0.1) is 37.5 Å². The second-order valence-electron chi connectivity index (χ2n) is 8.53. The number of aldehydes is 1. The zero-order valence-electron chi connectivity index (χ0n) is 21.1. The number of anilines is 2. The SMILES string of the molecule is COc1ccc(C(=O)C(=O)NC2CN(C(C)=O)c3ccccc3N(CC(=O)NC(C=O)CC(=O)O)C2=O)cc1. The van der Waals surface area contributed by atoms with Gasteiger partial charge in [-0.1, -0.05) is 12.1 Å². The predicted octanol–water partition coefficient (Wildman–Crippen LogP) is -0.0792. The van der Waals surface area contributed by atoms with E-state index in [1.165, 1.54) is 49.3 Å². The minimum Gasteiger partial charge on any atom is -0.497 e. The molecule has 3 N–H and O–H groups in total. The molecule has 13 nitrogen and oxygen atoms in total. The molecule has 13 heteroatoms. The molecule has 0 radical (unpaired) electrons. The lowest BCUT2D eigenvalue weighted by Gasteiger charge is -2.25. The van der Waals surface area contributed by atoms with Crippen LogP contribution in [-0.4, -0.2) is 79.1 Å². The molecule has 39 heavy (non-hydrogen) atoms. The lowest BCUT2D eigenvalue weighted by Crippen LogP contribution is -2.55. The lowest BCUT2D eigenvalue weighted by molar-refractivity contribution is -0.139. The van der Waals surface area contributed by atoms with Gasteiger partial charge in [-0.3, -0.25) is 33.7 Å². The average Bonchev–Trinajstić information content (AvgIpc) is 3.02. The van der Waals surface area contributed by atoms with Crippen LogP contribution in [-0.2, 0) is 28.8 Å². The summed E-state index contributed by atoms with van der Waals surface area (Å²) in [6, 6.07) is 9.18. The molecule has 3 rings (SSSR count). The van der Waals surface area contributed by atoms with Crippen LogP contribution in [0.1, 0.15) is 23.7 Å². The maximum atomic E-state index is 13.6. The van der Waals surface area contributed by atoms with E-state index in [-0.39, 0.29) is 29.8 Å². The van der Waals surface area contributed by atoms with E-state index in [1.807, 2.05) is 0 Å². The summed E-state index contributed by atoms with van der Waals surface area (Å²) in [6.07, 6.45) is -0.403. The van der Waals surface area contributed by atoms with Gasteiger partial charge in [-0.15, -0.1) is 0 Å². The van der Waals surface area contributed by atoms with Gasteiger partial charge in [-0.25, -0.2) is 0 Å². The fourth-order valence-electron chi connectivity index (χ4n) is 3.97. The van der Waals surface area contributed by atoms with Crippen molar-refractivity contribution in [3.05, 3.63) is 54.1 Å². The summed E-state index contributed by atoms with van der Waals surface area (Å²) >= 11 is 0. The third kappa shape index (κ3) is 6.83. The predicted molar refractivity (Wildman–Crippen MR) is 136 cm³/mol. The summed E-state index contributed by atoms with van der Waals surface area (Å²) in [5.74, 6) is -5.02. The second-order valence-corrected chi connectivity index (χ2v) is 8.53. The number of Topliss-reactive ketones (excluding diaryl/α,β-unsaturated/α-hetero) is 1. The molecule has 2 aromatic carbocycles. The molecule has 0 fully saturated rings. The number of para-hydroxylation sites is 2. The smallest absolute Gasteiger partial charge is 0.305 e. The van der Waals surface area contributed by atoms with Crippen LogP contribution in [0.3, 0.4) is 0 Å². The number of amides is 4. The number of methoxy groups -OCH3 is 1. The Labute approximate surface area is 222 Å². The Hall–Kier alpha value is -5.07. The minimum absolute atomic E-state index is 0.0376. The molecule has 0 saturated carbocycles. The molecule has 1 heterocycles. The molecule has 4 amide bonds. The maximum absolute atomic E-state index is 13.6. The van der Waals surface area contributed by atoms with Gasteiger partial charge in [0, 0.05) is 12.5 Å². The van der Waals surface area contributed by atoms with Gasteiger partial charge in [0.25, 0.3) is 11.8 Å². The number of hydrogen-bond acceptors (Lipinski definition) is 8. The van der Waals surface area contributed by atoms with Crippen molar-refractivity contribution < 1.29 is 43.4 Å². The first-order valence-electron chi connectivity index (χ1n) is 11.7. The number of carbonyl (C=O) groups excluding carboxylic acids is 6. The number of fused-ring (bicyclic) bond motifs is 1. The highest BCUT2D eigenvalue weighted by molar-refractivity contribution is 6.43. The largest absolute Gasteiger partial charge is 0.497 e. The third-order valence-electron chi connectivity index (χ3n) is 5.84. The van der Waals surface area contributed by atoms with Crippen molar-refractivity contribution in [2.24, 2.45) is 0 Å². The number of nitrogens with zero attached hydrogens (tertiary/aromatic N) is 2. The molecule has 204 valence electrons. The molecule has 0 bridgehead atoms. The van der Waals surface area contributed by atoms with E-state index >= 15 is 0 Å². The number of nitrogens with one attached hydrogen (secondary N) is 2. The van der Waals surface area contributed by atoms with E-state index in [9.17, 15) is 33.6 Å². The molecule has 0 aliphatic carbocycles. The molecular formula is C26H26N4O9. The standard InChI is InChI=1S/C26H26N4O9/c1-15(32)29-12-19(28-25(37)24(36)16-7-9-18(39-2)10-8-16)26(38)30(21-6-4-3-5-20(21)29)13-22(33)27-17(14-31)11-23(34)35/h3-10,14,17,19H,11-13H2,1-2H3,(H,27,33)(H,28,37)(H,34,35). The topological polar surface area (TPSA) is 179 Å². The van der Waals surface area contributed by atoms with E-state index in [1.54, 1.807) is 18.2 Å². The molecule has 1 aliphatic heterocycles. The molecule has 2 unspecified atom stereocenters. The van der Waals surface area contributed by atoms with Crippen molar-refractivity contribution in [3.8, 4) is 5.75 Å². The summed E-state index contributed by atoms with van der Waals surface area (Å²) < 4.78 is 5.04. The van der Waals surface area contributed by atoms with Crippen LogP contribution in [0.5, 0.6) is 5.75 Å². The maximum Gasteiger partial charge on any atom is 0.305 e. The summed E-state index contributed by atoms with van der Waals surface area (Å²) in [7, 11) is 1.44. The van der Waals surface area contributed by atoms with Crippen molar-refractivity contribution >= 4 is 53.0 Å². The Morgan fingerprint density at radius 1 is 1.08 bits per heavy atom. The number of carboxylic acids is 1. The van der Waals surface area contributed by atoms with E-state index in [4.69, 9.17) is 9.84 Å². The summed E-state index contributed by atoms with van der Waals surface area (Å²) in [5.41, 5.74) is 0.462. The minimum atomic E-state index is -1.43. The first kappa shape index (κ1) is 28.5. The molecule has 0 saturated heterocycles. The van der Waals surface area contributed by atoms with E-state index < -0.39 is 60.4 Å². The van der Waals surface area contributed by atoms with Crippen LogP contribution in [0.2, 0.25) is 0 Å². The molecule has 2 aromatic rings. The lowest BCUT2D eigenvalue weighted by atomic mass is 10.1. The number of hydrogen-bond donors (Lipinski definition) is 3. The van der Waals surface area contributed by atoms with Gasteiger partial charge in [0.2, 0.25) is 17.6 Å². The van der Waals surface area contributed by atoms with Crippen LogP contribution >= 0.6 is 0 Å². The number of rotatable bonds is 10. The quantitative estimate of drug-likeness (QED) is 0.212. The van der Waals surface area contributed by atoms with Crippen LogP contribution in [0.15, 0.2) is 48.5 Å². The Bertz CT molecular complexity index is 1310. The molecular weight excluding hydrogens is 512 g/mol. The van der Waals surface area contributed by atoms with Crippen molar-refractivity contribution in [1.29, 1.82) is 0 Å². The van der Waals surface area contributed by atoms with Crippen molar-refractivity contribution in [3.63, 3.8) is 0 Å². The Morgan fingerprint density at radius 2 is 1.72 bits per heavy atom. The Morgan fingerprint density at radius 3 is 2.28 bits per heavy atom. The van der Waals surface area contributed by atoms with Crippen molar-refractivity contribution in [1.82, 2.24) is 10.6 Å². The van der Waals surface area contributed by atoms with E-state index in [2.05, 4.69) is 10.6 Å². The zero-order valence-corrected chi connectivity index (χ0v) is 21.1. The van der Waals surface area contributed by atoms with E-state index in [0.29, 0.717) is 5.75 Å². The number of ether oxygens (including phenoxy) is 1. The third-order valence-corrected chi connectivity index (χ3v) is 5.84. The summed E-state index contributed by atoms with van der Waals surface area (Å²) in [4.78, 5) is 88.8. The number of aliphatic carboxylic acids is 1. The molecule has 2 atom stereocenters. The zero-order chi connectivity index (χ0) is 28.7. The van der Waals surface area contributed by atoms with Crippen molar-refractivity contribution in [2.75, 3.05) is 30.0 Å². The number of benzene rings is 2. The van der Waals surface area contributed by atoms with Crippen LogP contribution in [0, 0.1) is 0 Å².